The lowest BCUT2D eigenvalue weighted by Gasteiger charge is -2.21. The molecule has 0 radical (unpaired) electrons. The largest absolute Gasteiger partial charge is 0.477 e. The fraction of sp³-hybridized carbons (Fsp3) is 0.833. The number of carboxylic acid groups (broad SMARTS) is 1. The predicted octanol–water partition coefficient (Wildman–Crippen LogP) is -2.62. The van der Waals surface area contributed by atoms with Crippen LogP contribution in [0, 0.1) is 0 Å². The van der Waals surface area contributed by atoms with Crippen molar-refractivity contribution >= 4 is 15.8 Å². The van der Waals surface area contributed by atoms with E-state index >= 15 is 0 Å². The van der Waals surface area contributed by atoms with Crippen molar-refractivity contribution in [1.29, 1.82) is 0 Å². The molecule has 1 saturated heterocycles. The second-order valence-electron chi connectivity index (χ2n) is 2.97. The number of sulfone groups is 1. The molecule has 0 aromatic rings. The molecule has 1 aliphatic rings. The summed E-state index contributed by atoms with van der Waals surface area (Å²) in [6.45, 7) is 0.874. The van der Waals surface area contributed by atoms with Crippen molar-refractivity contribution in [2.75, 3.05) is 31.1 Å². The third-order valence-corrected chi connectivity index (χ3v) is 3.59. The SMILES string of the molecule is O=C(O)C[NH+]1CCS(=O)(=O)CC1. The third kappa shape index (κ3) is 2.78. The van der Waals surface area contributed by atoms with Crippen LogP contribution in [0.2, 0.25) is 0 Å². The van der Waals surface area contributed by atoms with Gasteiger partial charge >= 0.3 is 5.97 Å². The summed E-state index contributed by atoms with van der Waals surface area (Å²) < 4.78 is 21.8. The first-order valence-corrected chi connectivity index (χ1v) is 5.57. The van der Waals surface area contributed by atoms with Crippen molar-refractivity contribution in [3.05, 3.63) is 0 Å². The number of carboxylic acids is 1. The smallest absolute Gasteiger partial charge is 0.359 e. The summed E-state index contributed by atoms with van der Waals surface area (Å²) >= 11 is 0. The lowest BCUT2D eigenvalue weighted by molar-refractivity contribution is -0.889. The van der Waals surface area contributed by atoms with E-state index in [1.807, 2.05) is 0 Å². The summed E-state index contributed by atoms with van der Waals surface area (Å²) in [4.78, 5) is 11.1. The molecule has 0 amide bonds. The normalized spacial score (nSPS) is 23.7. The zero-order valence-electron chi connectivity index (χ0n) is 6.62. The Morgan fingerprint density at radius 3 is 2.25 bits per heavy atom. The highest BCUT2D eigenvalue weighted by Crippen LogP contribution is 1.89. The van der Waals surface area contributed by atoms with Gasteiger partial charge in [0.2, 0.25) is 0 Å². The summed E-state index contributed by atoms with van der Waals surface area (Å²) in [6.07, 6.45) is 0. The number of hydrogen-bond acceptors (Lipinski definition) is 3. The standard InChI is InChI=1S/C6H11NO4S/c8-6(9)5-7-1-3-12(10,11)4-2-7/h1-5H2,(H,8,9)/p+1. The highest BCUT2D eigenvalue weighted by molar-refractivity contribution is 7.91. The van der Waals surface area contributed by atoms with Crippen molar-refractivity contribution < 1.29 is 23.2 Å². The molecule has 6 heteroatoms. The van der Waals surface area contributed by atoms with Crippen molar-refractivity contribution in [3.8, 4) is 0 Å². The maximum absolute atomic E-state index is 10.9. The molecule has 0 saturated carbocycles. The average molecular weight is 194 g/mol. The Labute approximate surface area is 70.9 Å². The van der Waals surface area contributed by atoms with Gasteiger partial charge in [0.25, 0.3) is 0 Å². The quantitative estimate of drug-likeness (QED) is 0.505. The number of hydrogen-bond donors (Lipinski definition) is 2. The molecule has 0 aliphatic carbocycles. The molecule has 2 N–H and O–H groups in total. The zero-order chi connectivity index (χ0) is 9.19. The van der Waals surface area contributed by atoms with E-state index in [2.05, 4.69) is 0 Å². The molecule has 0 unspecified atom stereocenters. The number of nitrogens with one attached hydrogen (secondary N) is 1. The summed E-state index contributed by atoms with van der Waals surface area (Å²) in [5, 5.41) is 8.43. The molecular weight excluding hydrogens is 182 g/mol. The van der Waals surface area contributed by atoms with Gasteiger partial charge in [0.1, 0.15) is 0 Å². The van der Waals surface area contributed by atoms with Crippen LogP contribution in [0.3, 0.4) is 0 Å². The maximum Gasteiger partial charge on any atom is 0.359 e. The first-order chi connectivity index (χ1) is 5.49. The number of rotatable bonds is 2. The van der Waals surface area contributed by atoms with Gasteiger partial charge in [-0.15, -0.1) is 0 Å². The molecule has 0 atom stereocenters. The molecule has 5 nitrogen and oxygen atoms in total. The van der Waals surface area contributed by atoms with Crippen molar-refractivity contribution in [1.82, 2.24) is 0 Å². The van der Waals surface area contributed by atoms with Crippen LogP contribution >= 0.6 is 0 Å². The molecular formula is C6H12NO4S+. The summed E-state index contributed by atoms with van der Waals surface area (Å²) in [6, 6.07) is 0. The summed E-state index contributed by atoms with van der Waals surface area (Å²) in [7, 11) is -2.87. The summed E-state index contributed by atoms with van der Waals surface area (Å²) in [5.41, 5.74) is 0. The third-order valence-electron chi connectivity index (χ3n) is 1.93. The van der Waals surface area contributed by atoms with Gasteiger partial charge in [0.05, 0.1) is 24.6 Å². The first-order valence-electron chi connectivity index (χ1n) is 3.75. The van der Waals surface area contributed by atoms with E-state index in [0.29, 0.717) is 13.1 Å². The molecule has 1 aliphatic heterocycles. The van der Waals surface area contributed by atoms with Crippen LogP contribution < -0.4 is 4.90 Å². The first kappa shape index (κ1) is 9.47. The maximum atomic E-state index is 10.9. The minimum atomic E-state index is -2.87. The van der Waals surface area contributed by atoms with Crippen LogP contribution in [0.5, 0.6) is 0 Å². The minimum absolute atomic E-state index is 0.0233. The fourth-order valence-corrected chi connectivity index (χ4v) is 2.62. The lowest BCUT2D eigenvalue weighted by atomic mass is 10.5. The molecule has 1 fully saturated rings. The van der Waals surface area contributed by atoms with Gasteiger partial charge in [-0.1, -0.05) is 0 Å². The van der Waals surface area contributed by atoms with Crippen LogP contribution in [0.1, 0.15) is 0 Å². The van der Waals surface area contributed by atoms with Crippen LogP contribution in [0.4, 0.5) is 0 Å². The molecule has 0 aromatic carbocycles. The van der Waals surface area contributed by atoms with Crippen LogP contribution in [0.15, 0.2) is 0 Å². The molecule has 1 rings (SSSR count). The van der Waals surface area contributed by atoms with Crippen molar-refractivity contribution in [2.45, 2.75) is 0 Å². The van der Waals surface area contributed by atoms with E-state index in [-0.39, 0.29) is 18.1 Å². The Morgan fingerprint density at radius 2 is 1.83 bits per heavy atom. The Kier molecular flexibility index (Phi) is 2.69. The van der Waals surface area contributed by atoms with Gasteiger partial charge in [-0.05, 0) is 0 Å². The zero-order valence-corrected chi connectivity index (χ0v) is 7.43. The van der Waals surface area contributed by atoms with Gasteiger partial charge in [-0.3, -0.25) is 0 Å². The van der Waals surface area contributed by atoms with E-state index < -0.39 is 15.8 Å². The van der Waals surface area contributed by atoms with Gasteiger partial charge in [-0.2, -0.15) is 0 Å². The fourth-order valence-electron chi connectivity index (χ4n) is 1.22. The van der Waals surface area contributed by atoms with Gasteiger partial charge in [0.15, 0.2) is 16.4 Å². The van der Waals surface area contributed by atoms with Gasteiger partial charge in [0, 0.05) is 0 Å². The van der Waals surface area contributed by atoms with Gasteiger partial charge in [-0.25, -0.2) is 13.2 Å². The highest BCUT2D eigenvalue weighted by atomic mass is 32.2. The van der Waals surface area contributed by atoms with Crippen molar-refractivity contribution in [3.63, 3.8) is 0 Å². The number of aliphatic carboxylic acids is 1. The van der Waals surface area contributed by atoms with E-state index in [1.165, 1.54) is 0 Å². The van der Waals surface area contributed by atoms with E-state index in [9.17, 15) is 13.2 Å². The second-order valence-corrected chi connectivity index (χ2v) is 5.28. The van der Waals surface area contributed by atoms with Crippen LogP contribution in [0.25, 0.3) is 0 Å². The lowest BCUT2D eigenvalue weighted by Crippen LogP contribution is -3.15. The Morgan fingerprint density at radius 1 is 1.33 bits per heavy atom. The summed E-state index contributed by atoms with van der Waals surface area (Å²) in [5.74, 6) is -0.630. The molecule has 0 spiro atoms. The molecule has 0 aromatic heterocycles. The molecule has 12 heavy (non-hydrogen) atoms. The number of carbonyl (C=O) groups is 1. The van der Waals surface area contributed by atoms with E-state index in [4.69, 9.17) is 5.11 Å². The molecule has 0 bridgehead atoms. The second kappa shape index (κ2) is 3.40. The van der Waals surface area contributed by atoms with Crippen molar-refractivity contribution in [2.24, 2.45) is 0 Å². The Balaban J connectivity index is 2.41. The molecule has 70 valence electrons. The van der Waals surface area contributed by atoms with E-state index in [1.54, 1.807) is 0 Å². The minimum Gasteiger partial charge on any atom is -0.477 e. The van der Waals surface area contributed by atoms with Gasteiger partial charge < -0.3 is 10.0 Å². The molecule has 1 heterocycles. The highest BCUT2D eigenvalue weighted by Gasteiger charge is 2.25. The van der Waals surface area contributed by atoms with Crippen LogP contribution in [-0.4, -0.2) is 50.6 Å². The average Bonchev–Trinajstić information content (AvgIpc) is 1.93. The predicted molar refractivity (Wildman–Crippen MR) is 41.9 cm³/mol. The monoisotopic (exact) mass is 194 g/mol. The topological polar surface area (TPSA) is 75.9 Å². The van der Waals surface area contributed by atoms with Crippen LogP contribution in [-0.2, 0) is 14.6 Å². The number of quaternary nitrogens is 1. The van der Waals surface area contributed by atoms with E-state index in [0.717, 1.165) is 4.90 Å². The Hall–Kier alpha value is -0.620. The Bertz CT molecular complexity index is 257.